The Morgan fingerprint density at radius 1 is 1.88 bits per heavy atom. The van der Waals surface area contributed by atoms with E-state index < -0.39 is 11.2 Å². The number of hydrogen-bond donors (Lipinski definition) is 0. The van der Waals surface area contributed by atoms with E-state index in [9.17, 15) is 4.55 Å². The van der Waals surface area contributed by atoms with Crippen molar-refractivity contribution in [2.45, 2.75) is 18.6 Å². The van der Waals surface area contributed by atoms with Gasteiger partial charge in [0.25, 0.3) is 0 Å². The van der Waals surface area contributed by atoms with E-state index in [2.05, 4.69) is 6.08 Å². The van der Waals surface area contributed by atoms with Gasteiger partial charge in [-0.05, 0) is 18.1 Å². The molecule has 2 atom stereocenters. The van der Waals surface area contributed by atoms with Crippen molar-refractivity contribution in [1.29, 1.82) is 0 Å². The van der Waals surface area contributed by atoms with Crippen molar-refractivity contribution < 1.29 is 4.55 Å². The molecule has 0 saturated heterocycles. The zero-order chi connectivity index (χ0) is 5.98. The number of rotatable bonds is 0. The minimum atomic E-state index is -0.627. The maximum absolute atomic E-state index is 10.8. The van der Waals surface area contributed by atoms with Crippen LogP contribution in [0.4, 0.5) is 0 Å². The van der Waals surface area contributed by atoms with Crippen LogP contribution in [0.15, 0.2) is 6.08 Å². The topological polar surface area (TPSA) is 23.1 Å². The molecule has 1 aliphatic rings. The Morgan fingerprint density at radius 2 is 2.62 bits per heavy atom. The molecule has 2 unspecified atom stereocenters. The maximum Gasteiger partial charge on any atom is 0.131 e. The maximum atomic E-state index is 10.8. The average Bonchev–Trinajstić information content (AvgIpc) is 1.77. The zero-order valence-electron chi connectivity index (χ0n) is 4.89. The summed E-state index contributed by atoms with van der Waals surface area (Å²) in [5, 5.41) is 0.358. The van der Waals surface area contributed by atoms with E-state index in [0.717, 1.165) is 6.42 Å². The predicted octanol–water partition coefficient (Wildman–Crippen LogP) is 0.887. The van der Waals surface area contributed by atoms with Crippen LogP contribution in [0, 0.1) is 6.08 Å². The van der Waals surface area contributed by atoms with Crippen LogP contribution in [0.1, 0.15) is 13.3 Å². The molecule has 1 heterocycles. The zero-order valence-corrected chi connectivity index (χ0v) is 5.70. The summed E-state index contributed by atoms with van der Waals surface area (Å²) in [6.45, 7) is 2.01. The van der Waals surface area contributed by atoms with Crippen molar-refractivity contribution >= 4 is 11.2 Å². The highest BCUT2D eigenvalue weighted by Gasteiger charge is 2.16. The normalized spacial score (nSPS) is 37.8. The van der Waals surface area contributed by atoms with Gasteiger partial charge in [-0.1, -0.05) is 6.08 Å². The third kappa shape index (κ3) is 1.26. The smallest absolute Gasteiger partial charge is 0.131 e. The number of hydrogen-bond acceptors (Lipinski definition) is 1. The second-order valence-electron chi connectivity index (χ2n) is 1.98. The van der Waals surface area contributed by atoms with E-state index >= 15 is 0 Å². The van der Waals surface area contributed by atoms with Gasteiger partial charge in [0.05, 0.1) is 0 Å². The Balaban J connectivity index is 2.44. The first kappa shape index (κ1) is 6.17. The minimum Gasteiger partial charge on any atom is -0.616 e. The van der Waals surface area contributed by atoms with Crippen LogP contribution in [-0.2, 0) is 11.2 Å². The lowest BCUT2D eigenvalue weighted by Crippen LogP contribution is -2.22. The van der Waals surface area contributed by atoms with Gasteiger partial charge in [-0.15, -0.1) is 0 Å². The van der Waals surface area contributed by atoms with E-state index in [1.165, 1.54) is 0 Å². The summed E-state index contributed by atoms with van der Waals surface area (Å²) in [5.41, 5.74) is 0. The Bertz CT molecular complexity index is 88.7. The molecule has 0 bridgehead atoms. The van der Waals surface area contributed by atoms with Crippen LogP contribution in [0.25, 0.3) is 0 Å². The first-order chi connectivity index (χ1) is 3.80. The highest BCUT2D eigenvalue weighted by atomic mass is 32.2. The standard InChI is InChI=1S/C6H9OS/c1-6-4-2-3-5-8(6)7/h2,6H,4-5H2,1H3. The average molecular weight is 129 g/mol. The van der Waals surface area contributed by atoms with Crippen LogP contribution in [0.2, 0.25) is 0 Å². The van der Waals surface area contributed by atoms with Gasteiger partial charge in [0, 0.05) is 12.5 Å². The quantitative estimate of drug-likeness (QED) is 0.445. The Labute approximate surface area is 53.0 Å². The largest absolute Gasteiger partial charge is 0.616 e. The molecule has 1 radical (unpaired) electrons. The van der Waals surface area contributed by atoms with E-state index in [1.54, 1.807) is 0 Å². The molecule has 45 valence electrons. The van der Waals surface area contributed by atoms with Crippen molar-refractivity contribution in [2.24, 2.45) is 0 Å². The fraction of sp³-hybridized carbons (Fsp3) is 0.667. The highest BCUT2D eigenvalue weighted by Crippen LogP contribution is 2.11. The van der Waals surface area contributed by atoms with Crippen molar-refractivity contribution in [2.75, 3.05) is 5.75 Å². The van der Waals surface area contributed by atoms with E-state index in [0.29, 0.717) is 11.0 Å². The first-order valence-corrected chi connectivity index (χ1v) is 4.11. The van der Waals surface area contributed by atoms with Gasteiger partial charge < -0.3 is 4.55 Å². The van der Waals surface area contributed by atoms with Gasteiger partial charge in [0.1, 0.15) is 11.0 Å². The molecule has 0 N–H and O–H groups in total. The summed E-state index contributed by atoms with van der Waals surface area (Å²) >= 11 is -0.627. The van der Waals surface area contributed by atoms with Gasteiger partial charge >= 0.3 is 0 Å². The third-order valence-corrected chi connectivity index (χ3v) is 2.81. The van der Waals surface area contributed by atoms with E-state index in [-0.39, 0.29) is 0 Å². The predicted molar refractivity (Wildman–Crippen MR) is 34.9 cm³/mol. The highest BCUT2D eigenvalue weighted by molar-refractivity contribution is 7.92. The Kier molecular flexibility index (Phi) is 1.97. The van der Waals surface area contributed by atoms with Crippen molar-refractivity contribution in [3.8, 4) is 0 Å². The van der Waals surface area contributed by atoms with E-state index in [1.807, 2.05) is 13.0 Å². The first-order valence-electron chi connectivity index (χ1n) is 2.73. The molecule has 2 heteroatoms. The Morgan fingerprint density at radius 3 is 3.00 bits per heavy atom. The molecule has 0 aliphatic carbocycles. The molecular formula is C6H9OS. The van der Waals surface area contributed by atoms with Crippen molar-refractivity contribution in [3.05, 3.63) is 12.2 Å². The lowest BCUT2D eigenvalue weighted by molar-refractivity contribution is 0.583. The molecule has 1 nitrogen and oxygen atoms in total. The van der Waals surface area contributed by atoms with Crippen LogP contribution < -0.4 is 0 Å². The fourth-order valence-electron chi connectivity index (χ4n) is 0.640. The van der Waals surface area contributed by atoms with E-state index in [4.69, 9.17) is 0 Å². The van der Waals surface area contributed by atoms with Gasteiger partial charge in [-0.2, -0.15) is 0 Å². The van der Waals surface area contributed by atoms with Gasteiger partial charge in [-0.25, -0.2) is 0 Å². The summed E-state index contributed by atoms with van der Waals surface area (Å²) in [5.74, 6) is 0.640. The van der Waals surface area contributed by atoms with Gasteiger partial charge in [0.15, 0.2) is 0 Å². The molecule has 0 saturated carbocycles. The van der Waals surface area contributed by atoms with Crippen LogP contribution in [0.3, 0.4) is 0 Å². The molecule has 0 aromatic heterocycles. The number of allylic oxidation sites excluding steroid dienone is 1. The molecule has 8 heavy (non-hydrogen) atoms. The van der Waals surface area contributed by atoms with Crippen LogP contribution in [0.5, 0.6) is 0 Å². The summed E-state index contributed by atoms with van der Waals surface area (Å²) in [6.07, 6.45) is 5.86. The monoisotopic (exact) mass is 129 g/mol. The molecular weight excluding hydrogens is 120 g/mol. The Hall–Kier alpha value is 0.0500. The van der Waals surface area contributed by atoms with Gasteiger partial charge in [0.2, 0.25) is 0 Å². The molecule has 1 aliphatic heterocycles. The fourth-order valence-corrected chi connectivity index (χ4v) is 1.52. The third-order valence-electron chi connectivity index (χ3n) is 1.27. The second kappa shape index (κ2) is 2.55. The molecule has 0 spiro atoms. The molecule has 0 fully saturated rings. The van der Waals surface area contributed by atoms with Gasteiger partial charge in [-0.3, -0.25) is 0 Å². The molecule has 0 aromatic rings. The van der Waals surface area contributed by atoms with Crippen LogP contribution >= 0.6 is 0 Å². The summed E-state index contributed by atoms with van der Waals surface area (Å²) in [6, 6.07) is 0. The minimum absolute atomic E-state index is 0.358. The van der Waals surface area contributed by atoms with Crippen molar-refractivity contribution in [1.82, 2.24) is 0 Å². The van der Waals surface area contributed by atoms with Crippen LogP contribution in [-0.4, -0.2) is 15.6 Å². The lowest BCUT2D eigenvalue weighted by atomic mass is 10.3. The molecule has 0 amide bonds. The summed E-state index contributed by atoms with van der Waals surface area (Å²) < 4.78 is 10.8. The van der Waals surface area contributed by atoms with Crippen molar-refractivity contribution in [3.63, 3.8) is 0 Å². The summed E-state index contributed by atoms with van der Waals surface area (Å²) in [7, 11) is 0. The second-order valence-corrected chi connectivity index (χ2v) is 3.83. The molecule has 0 aromatic carbocycles. The summed E-state index contributed by atoms with van der Waals surface area (Å²) in [4.78, 5) is 0. The lowest BCUT2D eigenvalue weighted by Gasteiger charge is -2.17. The molecule has 1 rings (SSSR count). The SMILES string of the molecule is CC1CC=[C]C[S+]1[O-].